The Balaban J connectivity index is 2.62. The fourth-order valence-electron chi connectivity index (χ4n) is 2.01. The van der Waals surface area contributed by atoms with Gasteiger partial charge in [-0.3, -0.25) is 0 Å². The predicted octanol–water partition coefficient (Wildman–Crippen LogP) is 2.52. The molecule has 19 heavy (non-hydrogen) atoms. The van der Waals surface area contributed by atoms with Gasteiger partial charge in [0, 0.05) is 6.42 Å². The van der Waals surface area contributed by atoms with Crippen LogP contribution in [0.5, 0.6) is 5.75 Å². The summed E-state index contributed by atoms with van der Waals surface area (Å²) in [5.74, 6) is -0.163. The number of hydrogen-bond donors (Lipinski definition) is 2. The molecule has 3 nitrogen and oxygen atoms in total. The van der Waals surface area contributed by atoms with Crippen molar-refractivity contribution in [2.75, 3.05) is 20.2 Å². The maximum atomic E-state index is 14.0. The van der Waals surface area contributed by atoms with E-state index < -0.39 is 5.60 Å². The SMILES string of the molecule is CCCNCCC(C)(O)Cc1cccc(OC)c1F. The molecular weight excluding hydrogens is 245 g/mol. The van der Waals surface area contributed by atoms with E-state index in [2.05, 4.69) is 12.2 Å². The largest absolute Gasteiger partial charge is 0.494 e. The number of benzene rings is 1. The minimum absolute atomic E-state index is 0.220. The molecule has 0 bridgehead atoms. The molecule has 1 aromatic carbocycles. The van der Waals surface area contributed by atoms with Gasteiger partial charge in [-0.05, 0) is 44.5 Å². The van der Waals surface area contributed by atoms with E-state index in [1.807, 2.05) is 0 Å². The summed E-state index contributed by atoms with van der Waals surface area (Å²) in [6.07, 6.45) is 1.93. The van der Waals surface area contributed by atoms with Gasteiger partial charge in [-0.25, -0.2) is 4.39 Å². The van der Waals surface area contributed by atoms with Crippen molar-refractivity contribution in [1.29, 1.82) is 0 Å². The summed E-state index contributed by atoms with van der Waals surface area (Å²) in [5, 5.41) is 13.5. The van der Waals surface area contributed by atoms with Crippen molar-refractivity contribution in [3.05, 3.63) is 29.6 Å². The molecule has 0 aromatic heterocycles. The summed E-state index contributed by atoms with van der Waals surface area (Å²) in [5.41, 5.74) is -0.437. The lowest BCUT2D eigenvalue weighted by Gasteiger charge is -2.24. The maximum Gasteiger partial charge on any atom is 0.168 e. The molecule has 1 atom stereocenters. The Morgan fingerprint density at radius 1 is 1.37 bits per heavy atom. The summed E-state index contributed by atoms with van der Waals surface area (Å²) >= 11 is 0. The molecule has 0 heterocycles. The van der Waals surface area contributed by atoms with Crippen molar-refractivity contribution >= 4 is 0 Å². The topological polar surface area (TPSA) is 41.5 Å². The van der Waals surface area contributed by atoms with Gasteiger partial charge in [-0.2, -0.15) is 0 Å². The molecule has 0 aliphatic rings. The molecule has 1 unspecified atom stereocenters. The molecule has 0 saturated heterocycles. The lowest BCUT2D eigenvalue weighted by atomic mass is 9.93. The van der Waals surface area contributed by atoms with Crippen LogP contribution in [0, 0.1) is 5.82 Å². The third-order valence-electron chi connectivity index (χ3n) is 3.10. The van der Waals surface area contributed by atoms with Crippen molar-refractivity contribution in [2.45, 2.75) is 38.7 Å². The van der Waals surface area contributed by atoms with Gasteiger partial charge in [-0.1, -0.05) is 19.1 Å². The van der Waals surface area contributed by atoms with Gasteiger partial charge in [0.1, 0.15) is 0 Å². The highest BCUT2D eigenvalue weighted by atomic mass is 19.1. The van der Waals surface area contributed by atoms with Crippen LogP contribution in [0.1, 0.15) is 32.3 Å². The molecule has 0 saturated carbocycles. The van der Waals surface area contributed by atoms with E-state index >= 15 is 0 Å². The molecule has 0 radical (unpaired) electrons. The molecule has 0 fully saturated rings. The average Bonchev–Trinajstić information content (AvgIpc) is 2.37. The average molecular weight is 269 g/mol. The highest BCUT2D eigenvalue weighted by molar-refractivity contribution is 5.31. The van der Waals surface area contributed by atoms with Crippen molar-refractivity contribution in [2.24, 2.45) is 0 Å². The number of aliphatic hydroxyl groups is 1. The highest BCUT2D eigenvalue weighted by Gasteiger charge is 2.23. The maximum absolute atomic E-state index is 14.0. The smallest absolute Gasteiger partial charge is 0.168 e. The van der Waals surface area contributed by atoms with Crippen molar-refractivity contribution in [1.82, 2.24) is 5.32 Å². The molecule has 2 N–H and O–H groups in total. The molecule has 1 aromatic rings. The molecule has 0 aliphatic carbocycles. The fourth-order valence-corrected chi connectivity index (χ4v) is 2.01. The molecule has 0 amide bonds. The van der Waals surface area contributed by atoms with E-state index in [9.17, 15) is 9.50 Å². The quantitative estimate of drug-likeness (QED) is 0.713. The second-order valence-corrected chi connectivity index (χ2v) is 5.11. The van der Waals surface area contributed by atoms with Crippen LogP contribution in [0.2, 0.25) is 0 Å². The first-order valence-corrected chi connectivity index (χ1v) is 6.74. The van der Waals surface area contributed by atoms with Gasteiger partial charge < -0.3 is 15.2 Å². The second kappa shape index (κ2) is 7.46. The van der Waals surface area contributed by atoms with E-state index in [-0.39, 0.29) is 18.0 Å². The molecule has 4 heteroatoms. The van der Waals surface area contributed by atoms with E-state index in [0.29, 0.717) is 12.0 Å². The van der Waals surface area contributed by atoms with E-state index in [1.165, 1.54) is 7.11 Å². The molecule has 0 spiro atoms. The Hall–Kier alpha value is -1.13. The van der Waals surface area contributed by atoms with E-state index in [0.717, 1.165) is 19.5 Å². The third kappa shape index (κ3) is 5.17. The summed E-state index contributed by atoms with van der Waals surface area (Å²) < 4.78 is 18.9. The first kappa shape index (κ1) is 15.9. The Labute approximate surface area is 114 Å². The zero-order valence-electron chi connectivity index (χ0n) is 12.0. The Morgan fingerprint density at radius 2 is 2.11 bits per heavy atom. The molecule has 108 valence electrons. The van der Waals surface area contributed by atoms with Gasteiger partial charge >= 0.3 is 0 Å². The van der Waals surface area contributed by atoms with Crippen molar-refractivity contribution < 1.29 is 14.2 Å². The summed E-state index contributed by atoms with van der Waals surface area (Å²) in [6.45, 7) is 5.49. The zero-order valence-corrected chi connectivity index (χ0v) is 12.0. The normalized spacial score (nSPS) is 14.2. The molecule has 0 aliphatic heterocycles. The first-order chi connectivity index (χ1) is 9.00. The number of methoxy groups -OCH3 is 1. The number of halogens is 1. The lowest BCUT2D eigenvalue weighted by molar-refractivity contribution is 0.0506. The Morgan fingerprint density at radius 3 is 2.74 bits per heavy atom. The predicted molar refractivity (Wildman–Crippen MR) is 75.1 cm³/mol. The first-order valence-electron chi connectivity index (χ1n) is 6.74. The Kier molecular flexibility index (Phi) is 6.25. The third-order valence-corrected chi connectivity index (χ3v) is 3.10. The van der Waals surface area contributed by atoms with Crippen molar-refractivity contribution in [3.8, 4) is 5.75 Å². The van der Waals surface area contributed by atoms with E-state index in [4.69, 9.17) is 4.74 Å². The van der Waals surface area contributed by atoms with Crippen LogP contribution in [0.3, 0.4) is 0 Å². The number of ether oxygens (including phenoxy) is 1. The van der Waals surface area contributed by atoms with Gasteiger partial charge in [-0.15, -0.1) is 0 Å². The summed E-state index contributed by atoms with van der Waals surface area (Å²) in [4.78, 5) is 0. The standard InChI is InChI=1S/C15H24FNO2/c1-4-9-17-10-8-15(2,18)11-12-6-5-7-13(19-3)14(12)16/h5-7,17-18H,4,8-11H2,1-3H3. The minimum Gasteiger partial charge on any atom is -0.494 e. The van der Waals surface area contributed by atoms with Crippen LogP contribution in [-0.4, -0.2) is 30.9 Å². The highest BCUT2D eigenvalue weighted by Crippen LogP contribution is 2.24. The van der Waals surface area contributed by atoms with Gasteiger partial charge in [0.15, 0.2) is 11.6 Å². The van der Waals surface area contributed by atoms with Gasteiger partial charge in [0.25, 0.3) is 0 Å². The Bertz CT molecular complexity index is 394. The summed E-state index contributed by atoms with van der Waals surface area (Å²) in [6, 6.07) is 5.00. The van der Waals surface area contributed by atoms with Crippen LogP contribution in [0.25, 0.3) is 0 Å². The molecule has 1 rings (SSSR count). The number of nitrogens with one attached hydrogen (secondary N) is 1. The van der Waals surface area contributed by atoms with E-state index in [1.54, 1.807) is 25.1 Å². The van der Waals surface area contributed by atoms with Crippen LogP contribution in [0.15, 0.2) is 18.2 Å². The van der Waals surface area contributed by atoms with Crippen LogP contribution in [-0.2, 0) is 6.42 Å². The van der Waals surface area contributed by atoms with Gasteiger partial charge in [0.05, 0.1) is 12.7 Å². The zero-order chi connectivity index (χ0) is 14.3. The minimum atomic E-state index is -0.923. The second-order valence-electron chi connectivity index (χ2n) is 5.11. The monoisotopic (exact) mass is 269 g/mol. The van der Waals surface area contributed by atoms with Crippen LogP contribution < -0.4 is 10.1 Å². The fraction of sp³-hybridized carbons (Fsp3) is 0.600. The summed E-state index contributed by atoms with van der Waals surface area (Å²) in [7, 11) is 1.44. The van der Waals surface area contributed by atoms with Gasteiger partial charge in [0.2, 0.25) is 0 Å². The number of rotatable bonds is 8. The van der Waals surface area contributed by atoms with Crippen molar-refractivity contribution in [3.63, 3.8) is 0 Å². The molecular formula is C15H24FNO2. The lowest BCUT2D eigenvalue weighted by Crippen LogP contribution is -2.32. The van der Waals surface area contributed by atoms with Crippen LogP contribution >= 0.6 is 0 Å². The van der Waals surface area contributed by atoms with Crippen LogP contribution in [0.4, 0.5) is 4.39 Å². The number of hydrogen-bond acceptors (Lipinski definition) is 3.